The van der Waals surface area contributed by atoms with E-state index in [9.17, 15) is 5.11 Å². The normalized spacial score (nSPS) is 12.9. The first-order valence-electron chi connectivity index (χ1n) is 11.1. The Balaban J connectivity index is 1.38. The van der Waals surface area contributed by atoms with E-state index in [2.05, 4.69) is 41.4 Å². The molecule has 2 atom stereocenters. The van der Waals surface area contributed by atoms with Gasteiger partial charge >= 0.3 is 0 Å². The van der Waals surface area contributed by atoms with Crippen LogP contribution in [-0.2, 0) is 11.8 Å². The molecule has 0 aliphatic rings. The maximum absolute atomic E-state index is 10.7. The van der Waals surface area contributed by atoms with Crippen molar-refractivity contribution in [3.05, 3.63) is 95.6 Å². The number of rotatable bonds is 10. The van der Waals surface area contributed by atoms with E-state index in [0.717, 1.165) is 33.4 Å². The molecule has 1 aromatic heterocycles. The van der Waals surface area contributed by atoms with E-state index in [0.29, 0.717) is 5.75 Å². The topological polar surface area (TPSA) is 69.4 Å². The summed E-state index contributed by atoms with van der Waals surface area (Å²) >= 11 is 1.46. The maximum Gasteiger partial charge on any atom is 0.191 e. The van der Waals surface area contributed by atoms with Crippen LogP contribution in [0.4, 0.5) is 0 Å². The van der Waals surface area contributed by atoms with Crippen molar-refractivity contribution in [3.8, 4) is 17.1 Å². The highest BCUT2D eigenvalue weighted by Gasteiger charge is 2.18. The summed E-state index contributed by atoms with van der Waals surface area (Å²) in [5.41, 5.74) is 4.28. The van der Waals surface area contributed by atoms with Crippen LogP contribution in [0, 0.1) is 6.92 Å². The SMILES string of the molecule is COc1ccc(-c2nnc(SC[C@@H](O)CO[C@H](c3ccccc3)c3ccc(C)cc3)n2C)cc1. The summed E-state index contributed by atoms with van der Waals surface area (Å²) in [6, 6.07) is 26.1. The Hall–Kier alpha value is -3.13. The molecule has 4 rings (SSSR count). The number of aliphatic hydroxyl groups is 1. The Morgan fingerprint density at radius 3 is 2.26 bits per heavy atom. The zero-order valence-corrected chi connectivity index (χ0v) is 20.4. The molecule has 176 valence electrons. The average Bonchev–Trinajstić information content (AvgIpc) is 3.24. The molecule has 0 aliphatic carbocycles. The molecule has 1 heterocycles. The summed E-state index contributed by atoms with van der Waals surface area (Å²) < 4.78 is 13.4. The van der Waals surface area contributed by atoms with Gasteiger partial charge in [-0.25, -0.2) is 0 Å². The van der Waals surface area contributed by atoms with Crippen molar-refractivity contribution >= 4 is 11.8 Å². The fourth-order valence-corrected chi connectivity index (χ4v) is 4.43. The van der Waals surface area contributed by atoms with Gasteiger partial charge in [-0.15, -0.1) is 10.2 Å². The van der Waals surface area contributed by atoms with Crippen LogP contribution in [0.1, 0.15) is 22.8 Å². The van der Waals surface area contributed by atoms with E-state index < -0.39 is 6.10 Å². The zero-order chi connectivity index (χ0) is 23.9. The van der Waals surface area contributed by atoms with Crippen LogP contribution in [0.15, 0.2) is 84.0 Å². The van der Waals surface area contributed by atoms with Gasteiger partial charge in [-0.2, -0.15) is 0 Å². The first kappa shape index (κ1) is 24.0. The van der Waals surface area contributed by atoms with Gasteiger partial charge in [0.2, 0.25) is 0 Å². The van der Waals surface area contributed by atoms with Gasteiger partial charge in [-0.05, 0) is 42.3 Å². The molecule has 1 N–H and O–H groups in total. The molecule has 7 heteroatoms. The molecule has 0 amide bonds. The summed E-state index contributed by atoms with van der Waals surface area (Å²) in [4.78, 5) is 0. The van der Waals surface area contributed by atoms with E-state index >= 15 is 0 Å². The second-order valence-corrected chi connectivity index (χ2v) is 9.08. The summed E-state index contributed by atoms with van der Waals surface area (Å²) in [6.07, 6.45) is -0.888. The van der Waals surface area contributed by atoms with Crippen molar-refractivity contribution < 1.29 is 14.6 Å². The van der Waals surface area contributed by atoms with Crippen LogP contribution < -0.4 is 4.74 Å². The molecule has 34 heavy (non-hydrogen) atoms. The number of aryl methyl sites for hydroxylation is 1. The zero-order valence-electron chi connectivity index (χ0n) is 19.6. The van der Waals surface area contributed by atoms with Crippen molar-refractivity contribution in [1.82, 2.24) is 14.8 Å². The molecule has 0 saturated carbocycles. The Labute approximate surface area is 204 Å². The predicted octanol–water partition coefficient (Wildman–Crippen LogP) is 5.06. The lowest BCUT2D eigenvalue weighted by Gasteiger charge is -2.21. The Kier molecular flexibility index (Phi) is 8.00. The number of hydrogen-bond donors (Lipinski definition) is 1. The van der Waals surface area contributed by atoms with E-state index in [1.54, 1.807) is 7.11 Å². The summed E-state index contributed by atoms with van der Waals surface area (Å²) in [7, 11) is 3.57. The third kappa shape index (κ3) is 5.86. The quantitative estimate of drug-likeness (QED) is 0.324. The number of nitrogens with zero attached hydrogens (tertiary/aromatic N) is 3. The Morgan fingerprint density at radius 2 is 1.59 bits per heavy atom. The fourth-order valence-electron chi connectivity index (χ4n) is 3.61. The number of aliphatic hydroxyl groups excluding tert-OH is 1. The second kappa shape index (κ2) is 11.3. The maximum atomic E-state index is 10.7. The van der Waals surface area contributed by atoms with Gasteiger partial charge in [0.05, 0.1) is 19.8 Å². The number of aromatic nitrogens is 3. The highest BCUT2D eigenvalue weighted by molar-refractivity contribution is 7.99. The smallest absolute Gasteiger partial charge is 0.191 e. The van der Waals surface area contributed by atoms with Gasteiger partial charge in [0.25, 0.3) is 0 Å². The summed E-state index contributed by atoms with van der Waals surface area (Å²) in [5.74, 6) is 2.01. The van der Waals surface area contributed by atoms with E-state index in [1.165, 1.54) is 17.3 Å². The minimum atomic E-state index is -0.650. The highest BCUT2D eigenvalue weighted by atomic mass is 32.2. The number of methoxy groups -OCH3 is 1. The number of hydrogen-bond acceptors (Lipinski definition) is 6. The van der Waals surface area contributed by atoms with Crippen molar-refractivity contribution in [2.75, 3.05) is 19.5 Å². The lowest BCUT2D eigenvalue weighted by molar-refractivity contribution is 0.0155. The van der Waals surface area contributed by atoms with Gasteiger partial charge < -0.3 is 19.1 Å². The van der Waals surface area contributed by atoms with E-state index in [-0.39, 0.29) is 12.7 Å². The first-order chi connectivity index (χ1) is 16.5. The average molecular weight is 476 g/mol. The highest BCUT2D eigenvalue weighted by Crippen LogP contribution is 2.28. The molecule has 0 radical (unpaired) electrons. The third-order valence-corrected chi connectivity index (χ3v) is 6.69. The molecule has 6 nitrogen and oxygen atoms in total. The molecule has 0 aliphatic heterocycles. The summed E-state index contributed by atoms with van der Waals surface area (Å²) in [5, 5.41) is 20.0. The number of benzene rings is 3. The minimum Gasteiger partial charge on any atom is -0.497 e. The van der Waals surface area contributed by atoms with E-state index in [4.69, 9.17) is 9.47 Å². The lowest BCUT2D eigenvalue weighted by atomic mass is 10.0. The molecule has 0 unspecified atom stereocenters. The molecular weight excluding hydrogens is 446 g/mol. The van der Waals surface area contributed by atoms with Gasteiger partial charge in [-0.1, -0.05) is 71.9 Å². The van der Waals surface area contributed by atoms with Crippen molar-refractivity contribution in [2.45, 2.75) is 24.3 Å². The molecule has 0 bridgehead atoms. The first-order valence-corrected chi connectivity index (χ1v) is 12.1. The number of ether oxygens (including phenoxy) is 2. The standard InChI is InChI=1S/C27H29N3O3S/c1-19-9-11-21(12-10-19)25(20-7-5-4-6-8-20)33-17-23(31)18-34-27-29-28-26(30(27)2)22-13-15-24(32-3)16-14-22/h4-16,23,25,31H,17-18H2,1-3H3/t23-,25+/m0/s1. The van der Waals surface area contributed by atoms with Crippen molar-refractivity contribution in [2.24, 2.45) is 7.05 Å². The lowest BCUT2D eigenvalue weighted by Crippen LogP contribution is -2.21. The molecular formula is C27H29N3O3S. The Bertz CT molecular complexity index is 1180. The molecule has 0 spiro atoms. The molecule has 0 fully saturated rings. The molecule has 4 aromatic rings. The van der Waals surface area contributed by atoms with Crippen molar-refractivity contribution in [1.29, 1.82) is 0 Å². The fraction of sp³-hybridized carbons (Fsp3) is 0.259. The van der Waals surface area contributed by atoms with Crippen LogP contribution in [-0.4, -0.2) is 45.4 Å². The van der Waals surface area contributed by atoms with Crippen LogP contribution >= 0.6 is 11.8 Å². The predicted molar refractivity (Wildman–Crippen MR) is 135 cm³/mol. The monoisotopic (exact) mass is 475 g/mol. The van der Waals surface area contributed by atoms with Gasteiger partial charge in [0.15, 0.2) is 11.0 Å². The molecule has 3 aromatic carbocycles. The Morgan fingerprint density at radius 1 is 0.912 bits per heavy atom. The van der Waals surface area contributed by atoms with Crippen LogP contribution in [0.2, 0.25) is 0 Å². The summed E-state index contributed by atoms with van der Waals surface area (Å²) in [6.45, 7) is 2.28. The number of thioether (sulfide) groups is 1. The van der Waals surface area contributed by atoms with Crippen LogP contribution in [0.3, 0.4) is 0 Å². The second-order valence-electron chi connectivity index (χ2n) is 8.09. The van der Waals surface area contributed by atoms with Gasteiger partial charge in [0, 0.05) is 18.4 Å². The molecule has 0 saturated heterocycles. The van der Waals surface area contributed by atoms with Gasteiger partial charge in [0.1, 0.15) is 11.9 Å². The minimum absolute atomic E-state index is 0.212. The van der Waals surface area contributed by atoms with Crippen LogP contribution in [0.25, 0.3) is 11.4 Å². The van der Waals surface area contributed by atoms with Crippen LogP contribution in [0.5, 0.6) is 5.75 Å². The third-order valence-electron chi connectivity index (χ3n) is 5.53. The van der Waals surface area contributed by atoms with E-state index in [1.807, 2.05) is 66.2 Å². The largest absolute Gasteiger partial charge is 0.497 e. The van der Waals surface area contributed by atoms with Gasteiger partial charge in [-0.3, -0.25) is 0 Å². The van der Waals surface area contributed by atoms with Crippen molar-refractivity contribution in [3.63, 3.8) is 0 Å².